The highest BCUT2D eigenvalue weighted by Gasteiger charge is 2.18. The summed E-state index contributed by atoms with van der Waals surface area (Å²) >= 11 is 5.75. The van der Waals surface area contributed by atoms with Gasteiger partial charge in [-0.3, -0.25) is 0 Å². The highest BCUT2D eigenvalue weighted by atomic mass is 35.5. The van der Waals surface area contributed by atoms with Crippen LogP contribution in [0.25, 0.3) is 0 Å². The Morgan fingerprint density at radius 2 is 2.29 bits per heavy atom. The molecule has 94 valence electrons. The molecule has 1 aromatic carbocycles. The molecule has 3 nitrogen and oxygen atoms in total. The van der Waals surface area contributed by atoms with Gasteiger partial charge in [-0.05, 0) is 32.5 Å². The Labute approximate surface area is 106 Å². The van der Waals surface area contributed by atoms with E-state index in [2.05, 4.69) is 17.3 Å². The maximum absolute atomic E-state index is 13.2. The second-order valence-electron chi connectivity index (χ2n) is 4.60. The first-order chi connectivity index (χ1) is 8.06. The number of hydrogen-bond acceptors (Lipinski definition) is 3. The molecule has 0 aliphatic carbocycles. The molecule has 0 amide bonds. The van der Waals surface area contributed by atoms with E-state index in [0.29, 0.717) is 11.7 Å². The van der Waals surface area contributed by atoms with E-state index < -0.39 is 5.82 Å². The lowest BCUT2D eigenvalue weighted by Gasteiger charge is -2.31. The van der Waals surface area contributed by atoms with Crippen LogP contribution in [-0.4, -0.2) is 31.1 Å². The summed E-state index contributed by atoms with van der Waals surface area (Å²) in [6, 6.07) is 3.16. The summed E-state index contributed by atoms with van der Waals surface area (Å²) in [5.41, 5.74) is 6.89. The number of nitrogens with one attached hydrogen (secondary N) is 1. The van der Waals surface area contributed by atoms with Crippen molar-refractivity contribution in [2.45, 2.75) is 18.9 Å². The van der Waals surface area contributed by atoms with Gasteiger partial charge in [-0.2, -0.15) is 0 Å². The summed E-state index contributed by atoms with van der Waals surface area (Å²) < 4.78 is 13.2. The van der Waals surface area contributed by atoms with Crippen LogP contribution in [0.15, 0.2) is 12.1 Å². The van der Waals surface area contributed by atoms with Crippen molar-refractivity contribution in [2.75, 3.05) is 31.2 Å². The van der Waals surface area contributed by atoms with E-state index in [9.17, 15) is 4.39 Å². The summed E-state index contributed by atoms with van der Waals surface area (Å²) in [5, 5.41) is 3.43. The molecule has 1 fully saturated rings. The Hall–Kier alpha value is -1.00. The first kappa shape index (κ1) is 12.5. The molecule has 1 aromatic rings. The smallest absolute Gasteiger partial charge is 0.143 e. The van der Waals surface area contributed by atoms with E-state index in [0.717, 1.165) is 31.6 Å². The van der Waals surface area contributed by atoms with E-state index in [-0.39, 0.29) is 5.02 Å². The average molecular weight is 258 g/mol. The Morgan fingerprint density at radius 3 is 3.00 bits per heavy atom. The van der Waals surface area contributed by atoms with Crippen LogP contribution in [0, 0.1) is 5.82 Å². The Kier molecular flexibility index (Phi) is 3.74. The maximum Gasteiger partial charge on any atom is 0.143 e. The molecule has 1 atom stereocenters. The number of likely N-dealkylation sites (N-methyl/N-ethyl adjacent to an activating group) is 1. The number of rotatable bonds is 2. The van der Waals surface area contributed by atoms with Gasteiger partial charge in [0.05, 0.1) is 16.4 Å². The molecule has 5 heteroatoms. The second-order valence-corrected chi connectivity index (χ2v) is 5.01. The molecule has 3 N–H and O–H groups in total. The number of piperidine rings is 1. The predicted octanol–water partition coefficient (Wildman–Crippen LogP) is 2.57. The highest BCUT2D eigenvalue weighted by molar-refractivity contribution is 6.31. The summed E-state index contributed by atoms with van der Waals surface area (Å²) in [6.45, 7) is 2.09. The SMILES string of the molecule is CN1CCCC(Nc2cc(Cl)c(F)cc2N)C1. The third-order valence-electron chi connectivity index (χ3n) is 3.08. The molecule has 1 aliphatic rings. The van der Waals surface area contributed by atoms with Crippen LogP contribution in [0.2, 0.25) is 5.02 Å². The number of likely N-dealkylation sites (tertiary alicyclic amines) is 1. The molecule has 0 bridgehead atoms. The van der Waals surface area contributed by atoms with Crippen LogP contribution in [0.3, 0.4) is 0 Å². The van der Waals surface area contributed by atoms with Crippen molar-refractivity contribution in [3.8, 4) is 0 Å². The van der Waals surface area contributed by atoms with Crippen molar-refractivity contribution in [1.82, 2.24) is 4.90 Å². The van der Waals surface area contributed by atoms with E-state index in [1.54, 1.807) is 6.07 Å². The van der Waals surface area contributed by atoms with Crippen molar-refractivity contribution >= 4 is 23.0 Å². The second kappa shape index (κ2) is 5.10. The predicted molar refractivity (Wildman–Crippen MR) is 70.0 cm³/mol. The van der Waals surface area contributed by atoms with Crippen LogP contribution < -0.4 is 11.1 Å². The van der Waals surface area contributed by atoms with Gasteiger partial charge in [-0.1, -0.05) is 11.6 Å². The number of hydrogen-bond donors (Lipinski definition) is 2. The van der Waals surface area contributed by atoms with E-state index >= 15 is 0 Å². The van der Waals surface area contributed by atoms with Crippen molar-refractivity contribution in [2.24, 2.45) is 0 Å². The van der Waals surface area contributed by atoms with E-state index in [1.807, 2.05) is 0 Å². The molecular formula is C12H17ClFN3. The van der Waals surface area contributed by atoms with Crippen LogP contribution >= 0.6 is 11.6 Å². The fourth-order valence-corrected chi connectivity index (χ4v) is 2.36. The van der Waals surface area contributed by atoms with Crippen molar-refractivity contribution in [1.29, 1.82) is 0 Å². The van der Waals surface area contributed by atoms with Gasteiger partial charge < -0.3 is 16.0 Å². The minimum atomic E-state index is -0.476. The van der Waals surface area contributed by atoms with Gasteiger partial charge in [0.15, 0.2) is 0 Å². The molecule has 1 saturated heterocycles. The topological polar surface area (TPSA) is 41.3 Å². The monoisotopic (exact) mass is 257 g/mol. The largest absolute Gasteiger partial charge is 0.397 e. The van der Waals surface area contributed by atoms with Gasteiger partial charge in [0.2, 0.25) is 0 Å². The average Bonchev–Trinajstić information content (AvgIpc) is 2.26. The number of benzene rings is 1. The van der Waals surface area contributed by atoms with E-state index in [1.165, 1.54) is 6.07 Å². The fourth-order valence-electron chi connectivity index (χ4n) is 2.19. The van der Waals surface area contributed by atoms with Crippen LogP contribution in [0.5, 0.6) is 0 Å². The molecule has 2 rings (SSSR count). The van der Waals surface area contributed by atoms with Crippen LogP contribution in [-0.2, 0) is 0 Å². The summed E-state index contributed by atoms with van der Waals surface area (Å²) in [6.07, 6.45) is 2.25. The molecule has 0 spiro atoms. The van der Waals surface area contributed by atoms with Gasteiger partial charge >= 0.3 is 0 Å². The zero-order chi connectivity index (χ0) is 12.4. The summed E-state index contributed by atoms with van der Waals surface area (Å²) in [7, 11) is 2.09. The molecule has 0 aromatic heterocycles. The Bertz CT molecular complexity index is 411. The quantitative estimate of drug-likeness (QED) is 0.800. The Morgan fingerprint density at radius 1 is 1.53 bits per heavy atom. The van der Waals surface area contributed by atoms with Gasteiger partial charge in [0, 0.05) is 18.7 Å². The number of nitrogen functional groups attached to an aromatic ring is 1. The van der Waals surface area contributed by atoms with Gasteiger partial charge in [-0.25, -0.2) is 4.39 Å². The maximum atomic E-state index is 13.2. The number of nitrogens with two attached hydrogens (primary N) is 1. The molecule has 0 saturated carbocycles. The zero-order valence-electron chi connectivity index (χ0n) is 9.84. The summed E-state index contributed by atoms with van der Waals surface area (Å²) in [5.74, 6) is -0.476. The molecule has 17 heavy (non-hydrogen) atoms. The number of nitrogens with zero attached hydrogens (tertiary/aromatic N) is 1. The first-order valence-electron chi connectivity index (χ1n) is 5.76. The third kappa shape index (κ3) is 3.01. The normalized spacial score (nSPS) is 21.5. The Balaban J connectivity index is 2.10. The van der Waals surface area contributed by atoms with Crippen LogP contribution in [0.1, 0.15) is 12.8 Å². The van der Waals surface area contributed by atoms with E-state index in [4.69, 9.17) is 17.3 Å². The minimum absolute atomic E-state index is 0.103. The summed E-state index contributed by atoms with van der Waals surface area (Å²) in [4.78, 5) is 2.27. The van der Waals surface area contributed by atoms with Gasteiger partial charge in [-0.15, -0.1) is 0 Å². The van der Waals surface area contributed by atoms with Crippen molar-refractivity contribution in [3.63, 3.8) is 0 Å². The highest BCUT2D eigenvalue weighted by Crippen LogP contribution is 2.27. The molecule has 1 heterocycles. The third-order valence-corrected chi connectivity index (χ3v) is 3.37. The molecule has 0 radical (unpaired) electrons. The first-order valence-corrected chi connectivity index (χ1v) is 6.13. The van der Waals surface area contributed by atoms with Gasteiger partial charge in [0.1, 0.15) is 5.82 Å². The number of halogens is 2. The standard InChI is InChI=1S/C12H17ClFN3/c1-17-4-2-3-8(7-17)16-12-5-9(13)10(14)6-11(12)15/h5-6,8,16H,2-4,7,15H2,1H3. The molecule has 1 unspecified atom stereocenters. The lowest BCUT2D eigenvalue weighted by molar-refractivity contribution is 0.261. The van der Waals surface area contributed by atoms with Crippen molar-refractivity contribution in [3.05, 3.63) is 23.0 Å². The lowest BCUT2D eigenvalue weighted by Crippen LogP contribution is -2.39. The zero-order valence-corrected chi connectivity index (χ0v) is 10.6. The fraction of sp³-hybridized carbons (Fsp3) is 0.500. The number of anilines is 2. The lowest BCUT2D eigenvalue weighted by atomic mass is 10.1. The molecule has 1 aliphatic heterocycles. The van der Waals surface area contributed by atoms with Crippen LogP contribution in [0.4, 0.5) is 15.8 Å². The van der Waals surface area contributed by atoms with Crippen molar-refractivity contribution < 1.29 is 4.39 Å². The minimum Gasteiger partial charge on any atom is -0.397 e. The molecular weight excluding hydrogens is 241 g/mol. The van der Waals surface area contributed by atoms with Gasteiger partial charge in [0.25, 0.3) is 0 Å².